The second kappa shape index (κ2) is 8.63. The van der Waals surface area contributed by atoms with Gasteiger partial charge in [-0.3, -0.25) is 0 Å². The van der Waals surface area contributed by atoms with Gasteiger partial charge in [-0.15, -0.1) is 6.42 Å². The zero-order valence-corrected chi connectivity index (χ0v) is 14.0. The molecule has 6 nitrogen and oxygen atoms in total. The molecular formula is C18H22N4O2. The van der Waals surface area contributed by atoms with Crippen molar-refractivity contribution in [2.24, 2.45) is 5.92 Å². The van der Waals surface area contributed by atoms with E-state index in [1.807, 2.05) is 10.8 Å². The van der Waals surface area contributed by atoms with Crippen molar-refractivity contribution in [3.8, 4) is 18.1 Å². The van der Waals surface area contributed by atoms with E-state index in [1.165, 1.54) is 0 Å². The van der Waals surface area contributed by atoms with Crippen molar-refractivity contribution in [2.75, 3.05) is 11.9 Å². The van der Waals surface area contributed by atoms with E-state index in [-0.39, 0.29) is 12.6 Å². The lowest BCUT2D eigenvalue weighted by Crippen LogP contribution is -2.29. The number of benzene rings is 1. The number of hydrogen-bond acceptors (Lipinski definition) is 3. The lowest BCUT2D eigenvalue weighted by molar-refractivity contribution is 0.251. The number of carbonyl (C=O) groups excluding carboxylic acids is 1. The Bertz CT molecular complexity index is 699. The Morgan fingerprint density at radius 3 is 2.79 bits per heavy atom. The molecule has 0 saturated heterocycles. The van der Waals surface area contributed by atoms with Gasteiger partial charge in [0.1, 0.15) is 18.2 Å². The molecule has 0 radical (unpaired) electrons. The number of amides is 2. The topological polar surface area (TPSA) is 68.2 Å². The van der Waals surface area contributed by atoms with Crippen molar-refractivity contribution in [1.82, 2.24) is 14.9 Å². The van der Waals surface area contributed by atoms with E-state index in [0.29, 0.717) is 23.9 Å². The fourth-order valence-electron chi connectivity index (χ4n) is 2.16. The summed E-state index contributed by atoms with van der Waals surface area (Å²) in [5.74, 6) is 4.41. The number of imidazole rings is 1. The molecule has 0 unspecified atom stereocenters. The first-order valence-electron chi connectivity index (χ1n) is 7.79. The molecule has 0 aliphatic carbocycles. The predicted octanol–water partition coefficient (Wildman–Crippen LogP) is 2.87. The number of hydrogen-bond donors (Lipinski definition) is 2. The quantitative estimate of drug-likeness (QED) is 0.769. The lowest BCUT2D eigenvalue weighted by atomic mass is 10.2. The summed E-state index contributed by atoms with van der Waals surface area (Å²) in [4.78, 5) is 16.3. The number of urea groups is 1. The number of aromatic nitrogens is 2. The number of terminal acetylenes is 1. The van der Waals surface area contributed by atoms with Gasteiger partial charge in [0.25, 0.3) is 0 Å². The van der Waals surface area contributed by atoms with Crippen LogP contribution in [-0.2, 0) is 13.1 Å². The fourth-order valence-corrected chi connectivity index (χ4v) is 2.16. The molecule has 126 valence electrons. The van der Waals surface area contributed by atoms with Crippen LogP contribution in [0.5, 0.6) is 5.75 Å². The van der Waals surface area contributed by atoms with Gasteiger partial charge in [0.15, 0.2) is 0 Å². The van der Waals surface area contributed by atoms with Gasteiger partial charge in [-0.05, 0) is 30.2 Å². The van der Waals surface area contributed by atoms with Crippen LogP contribution in [0.4, 0.5) is 10.5 Å². The van der Waals surface area contributed by atoms with Crippen molar-refractivity contribution in [3.05, 3.63) is 42.5 Å². The summed E-state index contributed by atoms with van der Waals surface area (Å²) >= 11 is 0. The molecule has 2 N–H and O–H groups in total. The molecule has 1 heterocycles. The highest BCUT2D eigenvalue weighted by molar-refractivity contribution is 5.89. The Balaban J connectivity index is 1.83. The van der Waals surface area contributed by atoms with Gasteiger partial charge in [0, 0.05) is 24.6 Å². The van der Waals surface area contributed by atoms with Gasteiger partial charge in [-0.1, -0.05) is 19.8 Å². The third-order valence-corrected chi connectivity index (χ3v) is 3.20. The van der Waals surface area contributed by atoms with Gasteiger partial charge in [-0.25, -0.2) is 9.78 Å². The summed E-state index contributed by atoms with van der Waals surface area (Å²) in [7, 11) is 0. The summed E-state index contributed by atoms with van der Waals surface area (Å²) in [6, 6.07) is 6.73. The lowest BCUT2D eigenvalue weighted by Gasteiger charge is -2.12. The Kier molecular flexibility index (Phi) is 6.26. The minimum absolute atomic E-state index is 0.219. The molecule has 0 aliphatic rings. The monoisotopic (exact) mass is 326 g/mol. The highest BCUT2D eigenvalue weighted by Crippen LogP contribution is 2.15. The molecule has 2 aromatic rings. The number of ether oxygens (including phenoxy) is 1. The third kappa shape index (κ3) is 5.36. The highest BCUT2D eigenvalue weighted by atomic mass is 16.5. The van der Waals surface area contributed by atoms with Crippen molar-refractivity contribution in [2.45, 2.75) is 26.9 Å². The van der Waals surface area contributed by atoms with Crippen LogP contribution in [0.15, 0.2) is 36.7 Å². The zero-order valence-electron chi connectivity index (χ0n) is 14.0. The Hall–Kier alpha value is -2.94. The van der Waals surface area contributed by atoms with Crippen LogP contribution < -0.4 is 15.4 Å². The number of nitrogens with zero attached hydrogens (tertiary/aromatic N) is 2. The molecule has 24 heavy (non-hydrogen) atoms. The van der Waals surface area contributed by atoms with E-state index in [1.54, 1.807) is 30.5 Å². The molecule has 1 aromatic carbocycles. The molecule has 0 spiro atoms. The van der Waals surface area contributed by atoms with Crippen molar-refractivity contribution < 1.29 is 9.53 Å². The Morgan fingerprint density at radius 2 is 2.12 bits per heavy atom. The minimum atomic E-state index is -0.286. The second-order valence-corrected chi connectivity index (χ2v) is 5.71. The molecule has 0 saturated carbocycles. The van der Waals surface area contributed by atoms with E-state index in [0.717, 1.165) is 12.4 Å². The smallest absolute Gasteiger partial charge is 0.319 e. The molecule has 6 heteroatoms. The first kappa shape index (κ1) is 17.4. The van der Waals surface area contributed by atoms with Gasteiger partial charge < -0.3 is 19.9 Å². The average molecular weight is 326 g/mol. The number of rotatable bonds is 7. The minimum Gasteiger partial charge on any atom is -0.481 e. The Morgan fingerprint density at radius 1 is 1.38 bits per heavy atom. The summed E-state index contributed by atoms with van der Waals surface area (Å²) in [6.07, 6.45) is 8.80. The molecule has 0 aliphatic heterocycles. The molecular weight excluding hydrogens is 304 g/mol. The van der Waals surface area contributed by atoms with Crippen molar-refractivity contribution in [1.29, 1.82) is 0 Å². The van der Waals surface area contributed by atoms with E-state index < -0.39 is 0 Å². The van der Waals surface area contributed by atoms with E-state index in [4.69, 9.17) is 11.2 Å². The van der Waals surface area contributed by atoms with Crippen LogP contribution in [0.2, 0.25) is 0 Å². The fraction of sp³-hybridized carbons (Fsp3) is 0.333. The second-order valence-electron chi connectivity index (χ2n) is 5.71. The van der Waals surface area contributed by atoms with Gasteiger partial charge >= 0.3 is 6.03 Å². The van der Waals surface area contributed by atoms with Crippen LogP contribution in [0.1, 0.15) is 19.7 Å². The van der Waals surface area contributed by atoms with Gasteiger partial charge in [-0.2, -0.15) is 0 Å². The maximum absolute atomic E-state index is 12.0. The average Bonchev–Trinajstić information content (AvgIpc) is 2.98. The molecule has 0 fully saturated rings. The van der Waals surface area contributed by atoms with Gasteiger partial charge in [0.2, 0.25) is 0 Å². The maximum atomic E-state index is 12.0. The number of carbonyl (C=O) groups is 1. The van der Waals surface area contributed by atoms with Gasteiger partial charge in [0.05, 0.1) is 6.54 Å². The molecule has 2 amide bonds. The summed E-state index contributed by atoms with van der Waals surface area (Å²) in [5, 5.41) is 5.57. The van der Waals surface area contributed by atoms with Crippen LogP contribution in [0.3, 0.4) is 0 Å². The van der Waals surface area contributed by atoms with Crippen LogP contribution in [-0.4, -0.2) is 22.2 Å². The molecule has 0 bridgehead atoms. The van der Waals surface area contributed by atoms with Crippen LogP contribution >= 0.6 is 0 Å². The molecule has 1 aromatic heterocycles. The maximum Gasteiger partial charge on any atom is 0.319 e. The predicted molar refractivity (Wildman–Crippen MR) is 93.7 cm³/mol. The number of anilines is 1. The van der Waals surface area contributed by atoms with E-state index in [9.17, 15) is 4.79 Å². The molecule has 2 rings (SSSR count). The Labute approximate surface area is 142 Å². The zero-order chi connectivity index (χ0) is 17.4. The summed E-state index contributed by atoms with van der Waals surface area (Å²) < 4.78 is 7.33. The van der Waals surface area contributed by atoms with Crippen LogP contribution in [0, 0.1) is 18.3 Å². The first-order chi connectivity index (χ1) is 11.6. The third-order valence-electron chi connectivity index (χ3n) is 3.20. The molecule has 0 atom stereocenters. The van der Waals surface area contributed by atoms with Crippen molar-refractivity contribution in [3.63, 3.8) is 0 Å². The standard InChI is InChI=1S/C18H22N4O2/c1-4-11-24-16-7-5-15(6-8-16)21-18(23)20-12-17-19-9-10-22(17)13-14(2)3/h1,5-10,14H,11-13H2,2-3H3,(H2,20,21,23). The van der Waals surface area contributed by atoms with E-state index in [2.05, 4.69) is 35.4 Å². The summed E-state index contributed by atoms with van der Waals surface area (Å²) in [5.41, 5.74) is 0.672. The SMILES string of the molecule is C#CCOc1ccc(NC(=O)NCc2nccn2CC(C)C)cc1. The van der Waals surface area contributed by atoms with Crippen LogP contribution in [0.25, 0.3) is 0 Å². The van der Waals surface area contributed by atoms with E-state index >= 15 is 0 Å². The highest BCUT2D eigenvalue weighted by Gasteiger charge is 2.07. The summed E-state index contributed by atoms with van der Waals surface area (Å²) in [6.45, 7) is 5.74. The normalized spacial score (nSPS) is 10.2. The first-order valence-corrected chi connectivity index (χ1v) is 7.79. The number of nitrogens with one attached hydrogen (secondary N) is 2. The van der Waals surface area contributed by atoms with Crippen molar-refractivity contribution >= 4 is 11.7 Å². The largest absolute Gasteiger partial charge is 0.481 e.